The average Bonchev–Trinajstić information content (AvgIpc) is 2.61. The van der Waals surface area contributed by atoms with Crippen molar-refractivity contribution in [3.63, 3.8) is 0 Å². The molecule has 0 bridgehead atoms. The molecule has 0 amide bonds. The van der Waals surface area contributed by atoms with Gasteiger partial charge in [-0.3, -0.25) is 4.79 Å². The third-order valence-corrected chi connectivity index (χ3v) is 4.53. The fraction of sp³-hybridized carbons (Fsp3) is 0.261. The van der Waals surface area contributed by atoms with Gasteiger partial charge in [0.2, 0.25) is 5.43 Å². The summed E-state index contributed by atoms with van der Waals surface area (Å²) in [5.41, 5.74) is 1.74. The number of rotatable bonds is 6. The number of hydrogen-bond acceptors (Lipinski definition) is 3. The number of para-hydroxylation sites is 1. The predicted octanol–water partition coefficient (Wildman–Crippen LogP) is 6.02. The van der Waals surface area contributed by atoms with Crippen LogP contribution in [0.5, 0.6) is 5.75 Å². The van der Waals surface area contributed by atoms with E-state index < -0.39 is 5.60 Å². The molecule has 1 heterocycles. The second kappa shape index (κ2) is 7.20. The van der Waals surface area contributed by atoms with Gasteiger partial charge in [-0.2, -0.15) is 0 Å². The topological polar surface area (TPSA) is 39.4 Å². The van der Waals surface area contributed by atoms with E-state index in [1.54, 1.807) is 24.3 Å². The van der Waals surface area contributed by atoms with Gasteiger partial charge < -0.3 is 9.15 Å². The van der Waals surface area contributed by atoms with E-state index in [2.05, 4.69) is 26.5 Å². The van der Waals surface area contributed by atoms with Gasteiger partial charge in [-0.05, 0) is 64.0 Å². The lowest BCUT2D eigenvalue weighted by atomic mass is 9.99. The van der Waals surface area contributed by atoms with Crippen LogP contribution < -0.4 is 10.2 Å². The highest BCUT2D eigenvalue weighted by molar-refractivity contribution is 5.93. The number of fused-ring (bicyclic) bond motifs is 2. The molecule has 0 saturated heterocycles. The monoisotopic (exact) mass is 348 g/mol. The molecule has 0 N–H and O–H groups in total. The summed E-state index contributed by atoms with van der Waals surface area (Å²) in [4.78, 5) is 13.0. The highest BCUT2D eigenvalue weighted by Crippen LogP contribution is 2.31. The van der Waals surface area contributed by atoms with Gasteiger partial charge in [-0.25, -0.2) is 0 Å². The van der Waals surface area contributed by atoms with Crippen molar-refractivity contribution >= 4 is 21.9 Å². The van der Waals surface area contributed by atoms with E-state index in [9.17, 15) is 4.79 Å². The molecule has 3 nitrogen and oxygen atoms in total. The zero-order valence-electron chi connectivity index (χ0n) is 15.5. The van der Waals surface area contributed by atoms with Gasteiger partial charge >= 0.3 is 0 Å². The predicted molar refractivity (Wildman–Crippen MR) is 108 cm³/mol. The lowest BCUT2D eigenvalue weighted by Crippen LogP contribution is -2.29. The molecule has 1 atom stereocenters. The first kappa shape index (κ1) is 18.0. The van der Waals surface area contributed by atoms with Crippen LogP contribution in [-0.4, -0.2) is 5.60 Å². The average molecular weight is 348 g/mol. The molecule has 0 saturated carbocycles. The molecule has 0 aliphatic carbocycles. The molecule has 3 rings (SSSR count). The number of allylic oxidation sites excluding steroid dienone is 2. The van der Waals surface area contributed by atoms with Crippen molar-refractivity contribution in [3.8, 4) is 5.75 Å². The summed E-state index contributed by atoms with van der Waals surface area (Å²) in [5, 5.41) is 1.03. The fourth-order valence-corrected chi connectivity index (χ4v) is 2.99. The van der Waals surface area contributed by atoms with Crippen LogP contribution in [0.4, 0.5) is 0 Å². The molecule has 3 aromatic rings. The lowest BCUT2D eigenvalue weighted by Gasteiger charge is -2.27. The molecule has 0 fully saturated rings. The van der Waals surface area contributed by atoms with Crippen molar-refractivity contribution in [3.05, 3.63) is 77.0 Å². The van der Waals surface area contributed by atoms with Crippen molar-refractivity contribution in [2.75, 3.05) is 0 Å². The molecule has 2 aromatic carbocycles. The third kappa shape index (κ3) is 3.57. The van der Waals surface area contributed by atoms with E-state index in [0.29, 0.717) is 27.7 Å². The van der Waals surface area contributed by atoms with Crippen LogP contribution in [0.15, 0.2) is 76.0 Å². The van der Waals surface area contributed by atoms with Crippen molar-refractivity contribution in [1.82, 2.24) is 0 Å². The largest absolute Gasteiger partial charge is 0.483 e. The van der Waals surface area contributed by atoms with Gasteiger partial charge in [0.25, 0.3) is 0 Å². The zero-order valence-corrected chi connectivity index (χ0v) is 15.5. The Bertz CT molecular complexity index is 1040. The normalized spacial score (nSPS) is 13.3. The fourth-order valence-electron chi connectivity index (χ4n) is 2.99. The van der Waals surface area contributed by atoms with Crippen LogP contribution >= 0.6 is 0 Å². The van der Waals surface area contributed by atoms with Crippen LogP contribution in [0.2, 0.25) is 0 Å². The van der Waals surface area contributed by atoms with Crippen LogP contribution in [0.1, 0.15) is 33.6 Å². The number of hydrogen-bond donors (Lipinski definition) is 0. The molecular weight excluding hydrogens is 324 g/mol. The maximum Gasteiger partial charge on any atom is 0.204 e. The minimum Gasteiger partial charge on any atom is -0.483 e. The smallest absolute Gasteiger partial charge is 0.204 e. The number of ether oxygens (including phenoxy) is 1. The summed E-state index contributed by atoms with van der Waals surface area (Å²) >= 11 is 0. The molecule has 1 aromatic heterocycles. The van der Waals surface area contributed by atoms with Crippen LogP contribution in [0, 0.1) is 0 Å². The van der Waals surface area contributed by atoms with Crippen molar-refractivity contribution < 1.29 is 9.15 Å². The second-order valence-electron chi connectivity index (χ2n) is 7.00. The standard InChI is InChI=1S/C23H24O3/c1-5-23(4,15-9-10-16(2)3)26-20-14-8-13-19-21(20)22(24)17-11-6-7-12-18(17)25-19/h5-8,10-14H,1,9,15H2,2-4H3. The summed E-state index contributed by atoms with van der Waals surface area (Å²) < 4.78 is 12.2. The van der Waals surface area contributed by atoms with Gasteiger partial charge in [0.05, 0.1) is 5.39 Å². The van der Waals surface area contributed by atoms with Crippen LogP contribution in [0.3, 0.4) is 0 Å². The van der Waals surface area contributed by atoms with Crippen LogP contribution in [-0.2, 0) is 0 Å². The molecule has 1 unspecified atom stereocenters. The van der Waals surface area contributed by atoms with Crippen molar-refractivity contribution in [1.29, 1.82) is 0 Å². The Morgan fingerprint density at radius 1 is 1.15 bits per heavy atom. The molecule has 3 heteroatoms. The van der Waals surface area contributed by atoms with E-state index >= 15 is 0 Å². The highest BCUT2D eigenvalue weighted by Gasteiger charge is 2.24. The van der Waals surface area contributed by atoms with E-state index in [1.807, 2.05) is 31.2 Å². The second-order valence-corrected chi connectivity index (χ2v) is 7.00. The summed E-state index contributed by atoms with van der Waals surface area (Å²) in [5.74, 6) is 0.529. The van der Waals surface area contributed by atoms with E-state index in [-0.39, 0.29) is 5.43 Å². The molecule has 0 spiro atoms. The molecule has 0 radical (unpaired) electrons. The van der Waals surface area contributed by atoms with Gasteiger partial charge in [-0.1, -0.05) is 36.4 Å². The Balaban J connectivity index is 2.07. The van der Waals surface area contributed by atoms with Crippen molar-refractivity contribution in [2.45, 2.75) is 39.2 Å². The van der Waals surface area contributed by atoms with Gasteiger partial charge in [0, 0.05) is 0 Å². The summed E-state index contributed by atoms with van der Waals surface area (Å²) in [6.07, 6.45) is 5.63. The summed E-state index contributed by atoms with van der Waals surface area (Å²) in [7, 11) is 0. The van der Waals surface area contributed by atoms with E-state index in [1.165, 1.54) is 5.57 Å². The Morgan fingerprint density at radius 3 is 2.62 bits per heavy atom. The Labute approximate surface area is 153 Å². The molecule has 26 heavy (non-hydrogen) atoms. The summed E-state index contributed by atoms with van der Waals surface area (Å²) in [6.45, 7) is 10.1. The first-order chi connectivity index (χ1) is 12.4. The molecule has 0 aliphatic heterocycles. The highest BCUT2D eigenvalue weighted by atomic mass is 16.5. The van der Waals surface area contributed by atoms with Gasteiger partial charge in [0.1, 0.15) is 27.9 Å². The minimum absolute atomic E-state index is 0.0758. The Kier molecular flexibility index (Phi) is 4.99. The lowest BCUT2D eigenvalue weighted by molar-refractivity contribution is 0.134. The SMILES string of the molecule is C=CC(C)(CCC=C(C)C)Oc1cccc2oc3ccccc3c(=O)c12. The minimum atomic E-state index is -0.571. The van der Waals surface area contributed by atoms with E-state index in [4.69, 9.17) is 9.15 Å². The Morgan fingerprint density at radius 2 is 1.88 bits per heavy atom. The van der Waals surface area contributed by atoms with Gasteiger partial charge in [-0.15, -0.1) is 0 Å². The van der Waals surface area contributed by atoms with E-state index in [0.717, 1.165) is 12.8 Å². The maximum absolute atomic E-state index is 13.0. The first-order valence-corrected chi connectivity index (χ1v) is 8.84. The molecule has 134 valence electrons. The zero-order chi connectivity index (χ0) is 18.7. The Hall–Kier alpha value is -2.81. The van der Waals surface area contributed by atoms with Crippen LogP contribution in [0.25, 0.3) is 21.9 Å². The third-order valence-electron chi connectivity index (χ3n) is 4.53. The molecular formula is C23H24O3. The summed E-state index contributed by atoms with van der Waals surface area (Å²) in [6, 6.07) is 12.7. The van der Waals surface area contributed by atoms with Crippen molar-refractivity contribution in [2.24, 2.45) is 0 Å². The van der Waals surface area contributed by atoms with Gasteiger partial charge in [0.15, 0.2) is 0 Å². The first-order valence-electron chi connectivity index (χ1n) is 8.84. The quantitative estimate of drug-likeness (QED) is 0.404. The molecule has 0 aliphatic rings. The maximum atomic E-state index is 13.0. The number of benzene rings is 2.